The van der Waals surface area contributed by atoms with E-state index in [2.05, 4.69) is 27.2 Å². The monoisotopic (exact) mass is 227 g/mol. The molecule has 0 saturated heterocycles. The zero-order valence-corrected chi connectivity index (χ0v) is 8.39. The molecule has 0 fully saturated rings. The highest BCUT2D eigenvalue weighted by Gasteiger charge is 2.12. The first-order chi connectivity index (χ1) is 5.79. The van der Waals surface area contributed by atoms with Crippen molar-refractivity contribution in [3.8, 4) is 12.3 Å². The molecule has 0 radical (unpaired) electrons. The molecule has 2 nitrogen and oxygen atoms in total. The fraction of sp³-hybridized carbons (Fsp3) is 0.333. The average molecular weight is 228 g/mol. The van der Waals surface area contributed by atoms with Gasteiger partial charge in [-0.2, -0.15) is 0 Å². The lowest BCUT2D eigenvalue weighted by Crippen LogP contribution is -2.18. The SMILES string of the molecule is C#CC(NCC)c1ccoc1Br. The normalized spacial score (nSPS) is 12.4. The van der Waals surface area contributed by atoms with E-state index in [1.165, 1.54) is 0 Å². The number of furan rings is 1. The Hall–Kier alpha value is -0.720. The van der Waals surface area contributed by atoms with Crippen LogP contribution in [0.3, 0.4) is 0 Å². The lowest BCUT2D eigenvalue weighted by molar-refractivity contribution is 0.530. The fourth-order valence-electron chi connectivity index (χ4n) is 0.973. The molecule has 1 rings (SSSR count). The van der Waals surface area contributed by atoms with Crippen molar-refractivity contribution in [2.45, 2.75) is 13.0 Å². The van der Waals surface area contributed by atoms with E-state index in [1.807, 2.05) is 13.0 Å². The van der Waals surface area contributed by atoms with Gasteiger partial charge in [-0.25, -0.2) is 0 Å². The van der Waals surface area contributed by atoms with E-state index in [-0.39, 0.29) is 6.04 Å². The van der Waals surface area contributed by atoms with Crippen molar-refractivity contribution in [1.29, 1.82) is 0 Å². The summed E-state index contributed by atoms with van der Waals surface area (Å²) in [5.74, 6) is 2.65. The Kier molecular flexibility index (Phi) is 3.39. The van der Waals surface area contributed by atoms with Gasteiger partial charge in [-0.05, 0) is 28.5 Å². The Labute approximate surface area is 80.5 Å². The van der Waals surface area contributed by atoms with Crippen LogP contribution in [-0.4, -0.2) is 6.54 Å². The minimum atomic E-state index is -0.0666. The van der Waals surface area contributed by atoms with Gasteiger partial charge in [0.15, 0.2) is 4.67 Å². The molecule has 0 bridgehead atoms. The number of hydrogen-bond donors (Lipinski definition) is 1. The maximum absolute atomic E-state index is 5.34. The first-order valence-electron chi connectivity index (χ1n) is 3.72. The predicted octanol–water partition coefficient (Wildman–Crippen LogP) is 2.33. The molecular formula is C9H10BrNO. The third-order valence-electron chi connectivity index (χ3n) is 1.53. The lowest BCUT2D eigenvalue weighted by Gasteiger charge is -2.08. The van der Waals surface area contributed by atoms with Crippen LogP contribution in [-0.2, 0) is 0 Å². The van der Waals surface area contributed by atoms with Gasteiger partial charge in [0.1, 0.15) is 0 Å². The van der Waals surface area contributed by atoms with Crippen molar-refractivity contribution in [3.05, 3.63) is 22.6 Å². The zero-order valence-electron chi connectivity index (χ0n) is 6.80. The Bertz CT molecular complexity index is 287. The van der Waals surface area contributed by atoms with E-state index in [9.17, 15) is 0 Å². The van der Waals surface area contributed by atoms with Gasteiger partial charge in [0.25, 0.3) is 0 Å². The van der Waals surface area contributed by atoms with Gasteiger partial charge in [-0.15, -0.1) is 6.42 Å². The molecule has 0 spiro atoms. The molecule has 1 aromatic rings. The molecule has 0 aliphatic carbocycles. The van der Waals surface area contributed by atoms with E-state index in [0.29, 0.717) is 4.67 Å². The molecule has 3 heteroatoms. The zero-order chi connectivity index (χ0) is 8.97. The highest BCUT2D eigenvalue weighted by molar-refractivity contribution is 9.10. The molecule has 1 atom stereocenters. The van der Waals surface area contributed by atoms with Crippen molar-refractivity contribution < 1.29 is 4.42 Å². The van der Waals surface area contributed by atoms with Crippen LogP contribution in [0.15, 0.2) is 21.4 Å². The molecule has 64 valence electrons. The lowest BCUT2D eigenvalue weighted by atomic mass is 10.1. The van der Waals surface area contributed by atoms with Crippen LogP contribution in [0.5, 0.6) is 0 Å². The third-order valence-corrected chi connectivity index (χ3v) is 2.18. The molecule has 1 heterocycles. The molecule has 0 aliphatic rings. The average Bonchev–Trinajstić information content (AvgIpc) is 2.47. The Morgan fingerprint density at radius 2 is 2.58 bits per heavy atom. The number of hydrogen-bond acceptors (Lipinski definition) is 2. The molecule has 1 N–H and O–H groups in total. The number of nitrogens with one attached hydrogen (secondary N) is 1. The third kappa shape index (κ3) is 1.90. The van der Waals surface area contributed by atoms with Gasteiger partial charge < -0.3 is 9.73 Å². The Balaban J connectivity index is 2.81. The van der Waals surface area contributed by atoms with E-state index in [1.54, 1.807) is 6.26 Å². The molecule has 1 aromatic heterocycles. The maximum Gasteiger partial charge on any atom is 0.174 e. The highest BCUT2D eigenvalue weighted by atomic mass is 79.9. The predicted molar refractivity (Wildman–Crippen MR) is 51.7 cm³/mol. The van der Waals surface area contributed by atoms with Gasteiger partial charge in [0.05, 0.1) is 12.3 Å². The Morgan fingerprint density at radius 3 is 3.00 bits per heavy atom. The molecule has 0 aliphatic heterocycles. The number of halogens is 1. The van der Waals surface area contributed by atoms with Gasteiger partial charge in [-0.1, -0.05) is 12.8 Å². The van der Waals surface area contributed by atoms with E-state index >= 15 is 0 Å². The molecular weight excluding hydrogens is 218 g/mol. The van der Waals surface area contributed by atoms with Gasteiger partial charge in [0, 0.05) is 5.56 Å². The highest BCUT2D eigenvalue weighted by Crippen LogP contribution is 2.23. The minimum absolute atomic E-state index is 0.0666. The molecule has 12 heavy (non-hydrogen) atoms. The first-order valence-corrected chi connectivity index (χ1v) is 4.51. The summed E-state index contributed by atoms with van der Waals surface area (Å²) in [5, 5.41) is 3.15. The molecule has 1 unspecified atom stereocenters. The van der Waals surface area contributed by atoms with Crippen LogP contribution in [0.2, 0.25) is 0 Å². The van der Waals surface area contributed by atoms with Crippen LogP contribution in [0.4, 0.5) is 0 Å². The molecule has 0 saturated carbocycles. The van der Waals surface area contributed by atoms with Crippen molar-refractivity contribution in [3.63, 3.8) is 0 Å². The number of rotatable bonds is 3. The van der Waals surface area contributed by atoms with Crippen molar-refractivity contribution >= 4 is 15.9 Å². The van der Waals surface area contributed by atoms with Crippen molar-refractivity contribution in [1.82, 2.24) is 5.32 Å². The van der Waals surface area contributed by atoms with Crippen LogP contribution in [0.1, 0.15) is 18.5 Å². The topological polar surface area (TPSA) is 25.2 Å². The second-order valence-electron chi connectivity index (χ2n) is 2.31. The van der Waals surface area contributed by atoms with Gasteiger partial charge in [-0.3, -0.25) is 0 Å². The summed E-state index contributed by atoms with van der Waals surface area (Å²) in [4.78, 5) is 0. The van der Waals surface area contributed by atoms with E-state index in [4.69, 9.17) is 10.8 Å². The summed E-state index contributed by atoms with van der Waals surface area (Å²) in [6, 6.07) is 1.79. The summed E-state index contributed by atoms with van der Waals surface area (Å²) in [5.41, 5.74) is 0.972. The van der Waals surface area contributed by atoms with Crippen molar-refractivity contribution in [2.75, 3.05) is 6.54 Å². The smallest absolute Gasteiger partial charge is 0.174 e. The van der Waals surface area contributed by atoms with E-state index in [0.717, 1.165) is 12.1 Å². The second kappa shape index (κ2) is 4.34. The summed E-state index contributed by atoms with van der Waals surface area (Å²) >= 11 is 3.28. The second-order valence-corrected chi connectivity index (χ2v) is 3.03. The van der Waals surface area contributed by atoms with Crippen LogP contribution >= 0.6 is 15.9 Å². The quantitative estimate of drug-likeness (QED) is 0.803. The largest absolute Gasteiger partial charge is 0.457 e. The van der Waals surface area contributed by atoms with Crippen LogP contribution in [0.25, 0.3) is 0 Å². The fourth-order valence-corrected chi connectivity index (χ4v) is 1.44. The summed E-state index contributed by atoms with van der Waals surface area (Å²) in [6.45, 7) is 2.85. The first kappa shape index (κ1) is 9.37. The summed E-state index contributed by atoms with van der Waals surface area (Å²) in [6.07, 6.45) is 6.96. The molecule has 0 amide bonds. The summed E-state index contributed by atoms with van der Waals surface area (Å²) < 4.78 is 5.78. The van der Waals surface area contributed by atoms with Crippen molar-refractivity contribution in [2.24, 2.45) is 0 Å². The van der Waals surface area contributed by atoms with Gasteiger partial charge >= 0.3 is 0 Å². The number of terminal acetylenes is 1. The minimum Gasteiger partial charge on any atom is -0.457 e. The van der Waals surface area contributed by atoms with Gasteiger partial charge in [0.2, 0.25) is 0 Å². The Morgan fingerprint density at radius 1 is 1.83 bits per heavy atom. The molecule has 0 aromatic carbocycles. The van der Waals surface area contributed by atoms with E-state index < -0.39 is 0 Å². The maximum atomic E-state index is 5.34. The standard InChI is InChI=1S/C9H10BrNO/c1-3-8(11-4-2)7-5-6-12-9(7)10/h1,5-6,8,11H,4H2,2H3. The summed E-state index contributed by atoms with van der Waals surface area (Å²) in [7, 11) is 0. The van der Waals surface area contributed by atoms with Crippen LogP contribution in [0, 0.1) is 12.3 Å². The van der Waals surface area contributed by atoms with Crippen LogP contribution < -0.4 is 5.32 Å².